The zero-order valence-electron chi connectivity index (χ0n) is 8.98. The lowest BCUT2D eigenvalue weighted by Crippen LogP contribution is -2.08. The van der Waals surface area contributed by atoms with Crippen molar-refractivity contribution >= 4 is 0 Å². The first kappa shape index (κ1) is 12.1. The smallest absolute Gasteiger partial charge is 0.141 e. The normalized spacial score (nSPS) is 14.9. The molecule has 0 spiro atoms. The van der Waals surface area contributed by atoms with Crippen molar-refractivity contribution in [3.05, 3.63) is 29.8 Å². The molecule has 3 nitrogen and oxygen atoms in total. The summed E-state index contributed by atoms with van der Waals surface area (Å²) in [6.07, 6.45) is 3.29. The van der Waals surface area contributed by atoms with Gasteiger partial charge in [0.15, 0.2) is 0 Å². The summed E-state index contributed by atoms with van der Waals surface area (Å²) in [4.78, 5) is 3.69. The third-order valence-electron chi connectivity index (χ3n) is 2.36. The third kappa shape index (κ3) is 3.93. The number of halogens is 1. The van der Waals surface area contributed by atoms with Gasteiger partial charge in [-0.2, -0.15) is 0 Å². The highest BCUT2D eigenvalue weighted by molar-refractivity contribution is 5.12. The molecule has 2 unspecified atom stereocenters. The summed E-state index contributed by atoms with van der Waals surface area (Å²) in [7, 11) is 1.63. The summed E-state index contributed by atoms with van der Waals surface area (Å²) in [5.41, 5.74) is 0.512. The fourth-order valence-electron chi connectivity index (χ4n) is 1.29. The van der Waals surface area contributed by atoms with Crippen LogP contribution in [0.3, 0.4) is 0 Å². The Morgan fingerprint density at radius 2 is 2.20 bits per heavy atom. The highest BCUT2D eigenvalue weighted by Crippen LogP contribution is 2.19. The van der Waals surface area contributed by atoms with Crippen LogP contribution in [0.4, 0.5) is 4.39 Å². The van der Waals surface area contributed by atoms with E-state index in [1.807, 2.05) is 6.92 Å². The van der Waals surface area contributed by atoms with E-state index >= 15 is 0 Å². The predicted molar refractivity (Wildman–Crippen MR) is 54.9 cm³/mol. The summed E-state index contributed by atoms with van der Waals surface area (Å²) in [6.45, 7) is 1.93. The van der Waals surface area contributed by atoms with E-state index in [4.69, 9.17) is 4.74 Å². The molecule has 84 valence electrons. The minimum atomic E-state index is -0.675. The van der Waals surface area contributed by atoms with Gasteiger partial charge in [0, 0.05) is 18.9 Å². The van der Waals surface area contributed by atoms with Crippen molar-refractivity contribution in [3.8, 4) is 0 Å². The molecular formula is C11H16FNO2. The maximum atomic E-state index is 12.8. The van der Waals surface area contributed by atoms with E-state index in [2.05, 4.69) is 4.98 Å². The summed E-state index contributed by atoms with van der Waals surface area (Å²) >= 11 is 0. The second kappa shape index (κ2) is 5.78. The van der Waals surface area contributed by atoms with E-state index in [9.17, 15) is 9.50 Å². The number of nitrogens with zero attached hydrogens (tertiary/aromatic N) is 1. The third-order valence-corrected chi connectivity index (χ3v) is 2.36. The van der Waals surface area contributed by atoms with Crippen LogP contribution in [-0.4, -0.2) is 23.3 Å². The van der Waals surface area contributed by atoms with Crippen LogP contribution in [0.2, 0.25) is 0 Å². The van der Waals surface area contributed by atoms with Crippen molar-refractivity contribution in [1.82, 2.24) is 4.98 Å². The molecule has 1 N–H and O–H groups in total. The second-order valence-corrected chi connectivity index (χ2v) is 3.58. The molecule has 4 heteroatoms. The maximum absolute atomic E-state index is 12.8. The van der Waals surface area contributed by atoms with Crippen molar-refractivity contribution in [1.29, 1.82) is 0 Å². The number of aliphatic hydroxyl groups excluding tert-OH is 1. The van der Waals surface area contributed by atoms with Gasteiger partial charge in [-0.25, -0.2) is 4.39 Å². The zero-order valence-corrected chi connectivity index (χ0v) is 8.98. The van der Waals surface area contributed by atoms with Crippen LogP contribution in [-0.2, 0) is 4.74 Å². The highest BCUT2D eigenvalue weighted by Gasteiger charge is 2.10. The van der Waals surface area contributed by atoms with Crippen LogP contribution in [0.5, 0.6) is 0 Å². The Bertz CT molecular complexity index is 306. The molecule has 0 amide bonds. The number of hydrogen-bond acceptors (Lipinski definition) is 3. The molecule has 1 aromatic heterocycles. The first-order valence-corrected chi connectivity index (χ1v) is 4.94. The molecule has 0 aromatic carbocycles. The lowest BCUT2D eigenvalue weighted by atomic mass is 10.1. The Morgan fingerprint density at radius 1 is 1.47 bits per heavy atom. The molecule has 0 aliphatic carbocycles. The van der Waals surface area contributed by atoms with Gasteiger partial charge in [-0.05, 0) is 25.8 Å². The molecule has 0 aliphatic rings. The van der Waals surface area contributed by atoms with Crippen LogP contribution in [0, 0.1) is 5.82 Å². The van der Waals surface area contributed by atoms with Gasteiger partial charge in [-0.15, -0.1) is 0 Å². The average Bonchev–Trinajstić information content (AvgIpc) is 2.25. The van der Waals surface area contributed by atoms with Crippen molar-refractivity contribution < 1.29 is 14.2 Å². The summed E-state index contributed by atoms with van der Waals surface area (Å²) in [5, 5.41) is 9.73. The molecule has 1 rings (SSSR count). The van der Waals surface area contributed by atoms with E-state index in [0.29, 0.717) is 12.0 Å². The Hall–Kier alpha value is -1.00. The average molecular weight is 213 g/mol. The Labute approximate surface area is 88.9 Å². The van der Waals surface area contributed by atoms with Gasteiger partial charge in [-0.1, -0.05) is 0 Å². The molecular weight excluding hydrogens is 197 g/mol. The molecule has 0 bridgehead atoms. The van der Waals surface area contributed by atoms with Gasteiger partial charge < -0.3 is 9.84 Å². The predicted octanol–water partition coefficient (Wildman–Crippen LogP) is 2.07. The van der Waals surface area contributed by atoms with Gasteiger partial charge in [0.05, 0.1) is 18.4 Å². The number of rotatable bonds is 5. The number of pyridine rings is 1. The first-order valence-electron chi connectivity index (χ1n) is 4.94. The Kier molecular flexibility index (Phi) is 4.65. The molecule has 0 aliphatic heterocycles. The molecule has 15 heavy (non-hydrogen) atoms. The number of aromatic nitrogens is 1. The molecule has 2 atom stereocenters. The second-order valence-electron chi connectivity index (χ2n) is 3.58. The number of aliphatic hydroxyl groups is 1. The van der Waals surface area contributed by atoms with Crippen LogP contribution < -0.4 is 0 Å². The monoisotopic (exact) mass is 213 g/mol. The fraction of sp³-hybridized carbons (Fsp3) is 0.545. The fourth-order valence-corrected chi connectivity index (χ4v) is 1.29. The molecule has 0 saturated carbocycles. The lowest BCUT2D eigenvalue weighted by Gasteiger charge is -2.13. The Balaban J connectivity index is 2.50. The van der Waals surface area contributed by atoms with Gasteiger partial charge in [0.2, 0.25) is 0 Å². The summed E-state index contributed by atoms with van der Waals surface area (Å²) in [6, 6.07) is 1.30. The van der Waals surface area contributed by atoms with E-state index in [1.54, 1.807) is 7.11 Å². The van der Waals surface area contributed by atoms with Gasteiger partial charge >= 0.3 is 0 Å². The Morgan fingerprint density at radius 3 is 2.80 bits per heavy atom. The van der Waals surface area contributed by atoms with Crippen molar-refractivity contribution in [2.45, 2.75) is 32.0 Å². The van der Waals surface area contributed by atoms with Crippen molar-refractivity contribution in [3.63, 3.8) is 0 Å². The van der Waals surface area contributed by atoms with Gasteiger partial charge in [0.1, 0.15) is 5.82 Å². The minimum absolute atomic E-state index is 0.0983. The summed E-state index contributed by atoms with van der Waals surface area (Å²) < 4.78 is 17.9. The van der Waals surface area contributed by atoms with E-state index in [0.717, 1.165) is 12.6 Å². The highest BCUT2D eigenvalue weighted by atomic mass is 19.1. The van der Waals surface area contributed by atoms with Crippen molar-refractivity contribution in [2.24, 2.45) is 0 Å². The molecule has 0 saturated heterocycles. The first-order chi connectivity index (χ1) is 7.13. The molecule has 0 radical (unpaired) electrons. The lowest BCUT2D eigenvalue weighted by molar-refractivity contribution is 0.0849. The standard InChI is InChI=1S/C11H16FNO2/c1-8(15-2)3-4-11(14)9-5-10(12)7-13-6-9/h5-8,11,14H,3-4H2,1-2H3. The number of hydrogen-bond donors (Lipinski definition) is 1. The largest absolute Gasteiger partial charge is 0.388 e. The number of methoxy groups -OCH3 is 1. The zero-order chi connectivity index (χ0) is 11.3. The van der Waals surface area contributed by atoms with Crippen LogP contribution >= 0.6 is 0 Å². The van der Waals surface area contributed by atoms with E-state index < -0.39 is 11.9 Å². The minimum Gasteiger partial charge on any atom is -0.388 e. The topological polar surface area (TPSA) is 42.4 Å². The molecule has 1 aromatic rings. The van der Waals surface area contributed by atoms with Crippen LogP contribution in [0.15, 0.2) is 18.5 Å². The van der Waals surface area contributed by atoms with E-state index in [-0.39, 0.29) is 6.10 Å². The van der Waals surface area contributed by atoms with Gasteiger partial charge in [-0.3, -0.25) is 4.98 Å². The molecule has 0 fully saturated rings. The van der Waals surface area contributed by atoms with Crippen molar-refractivity contribution in [2.75, 3.05) is 7.11 Å². The maximum Gasteiger partial charge on any atom is 0.141 e. The number of ether oxygens (including phenoxy) is 1. The van der Waals surface area contributed by atoms with Crippen LogP contribution in [0.1, 0.15) is 31.4 Å². The SMILES string of the molecule is COC(C)CCC(O)c1cncc(F)c1. The van der Waals surface area contributed by atoms with Gasteiger partial charge in [0.25, 0.3) is 0 Å². The van der Waals surface area contributed by atoms with E-state index in [1.165, 1.54) is 12.3 Å². The summed E-state index contributed by atoms with van der Waals surface area (Å²) in [5.74, 6) is -0.425. The van der Waals surface area contributed by atoms with Crippen LogP contribution in [0.25, 0.3) is 0 Å². The quantitative estimate of drug-likeness (QED) is 0.814. The molecule has 1 heterocycles.